The van der Waals surface area contributed by atoms with E-state index in [4.69, 9.17) is 11.6 Å². The molecule has 4 nitrogen and oxygen atoms in total. The molecule has 1 atom stereocenters. The Morgan fingerprint density at radius 2 is 1.62 bits per heavy atom. The number of halogens is 1. The van der Waals surface area contributed by atoms with Crippen LogP contribution in [0.1, 0.15) is 42.0 Å². The minimum absolute atomic E-state index is 0.102. The van der Waals surface area contributed by atoms with Gasteiger partial charge in [-0.1, -0.05) is 97.2 Å². The molecule has 5 heteroatoms. The van der Waals surface area contributed by atoms with Crippen LogP contribution in [0.2, 0.25) is 5.02 Å². The minimum atomic E-state index is -0.619. The first-order valence-corrected chi connectivity index (χ1v) is 12.2. The summed E-state index contributed by atoms with van der Waals surface area (Å²) < 4.78 is 0. The molecule has 0 radical (unpaired) electrons. The predicted octanol–water partition coefficient (Wildman–Crippen LogP) is 5.75. The molecule has 0 saturated carbocycles. The second-order valence-corrected chi connectivity index (χ2v) is 9.10. The Kier molecular flexibility index (Phi) is 9.72. The van der Waals surface area contributed by atoms with Gasteiger partial charge in [-0.3, -0.25) is 9.59 Å². The molecule has 3 aromatic carbocycles. The molecule has 0 bridgehead atoms. The number of hydrogen-bond acceptors (Lipinski definition) is 2. The molecule has 1 unspecified atom stereocenters. The molecule has 0 aromatic heterocycles. The summed E-state index contributed by atoms with van der Waals surface area (Å²) >= 11 is 6.16. The van der Waals surface area contributed by atoms with Crippen LogP contribution in [0.3, 0.4) is 0 Å². The van der Waals surface area contributed by atoms with E-state index >= 15 is 0 Å². The zero-order valence-electron chi connectivity index (χ0n) is 20.0. The van der Waals surface area contributed by atoms with Crippen LogP contribution in [0.4, 0.5) is 0 Å². The Hall–Kier alpha value is -3.11. The topological polar surface area (TPSA) is 49.4 Å². The number of amides is 2. The first-order chi connectivity index (χ1) is 16.5. The average Bonchev–Trinajstić information content (AvgIpc) is 2.82. The van der Waals surface area contributed by atoms with E-state index in [0.29, 0.717) is 24.5 Å². The van der Waals surface area contributed by atoms with Crippen molar-refractivity contribution in [3.63, 3.8) is 0 Å². The van der Waals surface area contributed by atoms with Crippen LogP contribution >= 0.6 is 11.6 Å². The number of benzene rings is 3. The van der Waals surface area contributed by atoms with Crippen molar-refractivity contribution < 1.29 is 9.59 Å². The number of carbonyl (C=O) groups is 2. The molecule has 3 rings (SSSR count). The van der Waals surface area contributed by atoms with Crippen LogP contribution in [0.25, 0.3) is 0 Å². The lowest BCUT2D eigenvalue weighted by Gasteiger charge is -2.32. The maximum absolute atomic E-state index is 13.7. The quantitative estimate of drug-likeness (QED) is 0.358. The Morgan fingerprint density at radius 1 is 0.912 bits per heavy atom. The number of hydrogen-bond donors (Lipinski definition) is 1. The molecule has 178 valence electrons. The molecule has 1 N–H and O–H groups in total. The van der Waals surface area contributed by atoms with Crippen LogP contribution < -0.4 is 5.32 Å². The Morgan fingerprint density at radius 3 is 2.32 bits per heavy atom. The summed E-state index contributed by atoms with van der Waals surface area (Å²) in [7, 11) is 0. The third-order valence-electron chi connectivity index (χ3n) is 5.78. The van der Waals surface area contributed by atoms with Gasteiger partial charge in [0, 0.05) is 24.5 Å². The number of nitrogens with one attached hydrogen (secondary N) is 1. The number of aryl methyl sites for hydroxylation is 1. The van der Waals surface area contributed by atoms with E-state index in [9.17, 15) is 9.59 Å². The van der Waals surface area contributed by atoms with Crippen molar-refractivity contribution in [3.8, 4) is 0 Å². The largest absolute Gasteiger partial charge is 0.354 e. The molecule has 3 aromatic rings. The van der Waals surface area contributed by atoms with Crippen LogP contribution in [-0.2, 0) is 29.0 Å². The van der Waals surface area contributed by atoms with Gasteiger partial charge in [0.2, 0.25) is 11.8 Å². The smallest absolute Gasteiger partial charge is 0.243 e. The van der Waals surface area contributed by atoms with E-state index < -0.39 is 6.04 Å². The molecule has 0 spiro atoms. The fourth-order valence-corrected chi connectivity index (χ4v) is 4.20. The van der Waals surface area contributed by atoms with Crippen LogP contribution in [0.5, 0.6) is 0 Å². The summed E-state index contributed by atoms with van der Waals surface area (Å²) in [6.45, 7) is 5.08. The lowest BCUT2D eigenvalue weighted by atomic mass is 10.0. The highest BCUT2D eigenvalue weighted by molar-refractivity contribution is 6.30. The van der Waals surface area contributed by atoms with Gasteiger partial charge in [-0.2, -0.15) is 0 Å². The van der Waals surface area contributed by atoms with Gasteiger partial charge >= 0.3 is 0 Å². The summed E-state index contributed by atoms with van der Waals surface area (Å²) in [4.78, 5) is 28.8. The monoisotopic (exact) mass is 476 g/mol. The molecule has 0 aliphatic heterocycles. The van der Waals surface area contributed by atoms with Crippen molar-refractivity contribution in [1.82, 2.24) is 10.2 Å². The van der Waals surface area contributed by atoms with Gasteiger partial charge in [0.15, 0.2) is 0 Å². The average molecular weight is 477 g/mol. The Balaban J connectivity index is 1.94. The molecule has 0 fully saturated rings. The third kappa shape index (κ3) is 7.74. The van der Waals surface area contributed by atoms with Gasteiger partial charge in [0.1, 0.15) is 6.04 Å². The van der Waals surface area contributed by atoms with E-state index in [2.05, 4.69) is 18.3 Å². The highest BCUT2D eigenvalue weighted by Gasteiger charge is 2.30. The molecular weight excluding hydrogens is 444 g/mol. The lowest BCUT2D eigenvalue weighted by molar-refractivity contribution is -0.140. The maximum Gasteiger partial charge on any atom is 0.243 e. The molecular formula is C29H33ClN2O2. The summed E-state index contributed by atoms with van der Waals surface area (Å²) in [5, 5.41) is 3.65. The van der Waals surface area contributed by atoms with Crippen molar-refractivity contribution in [2.75, 3.05) is 6.54 Å². The summed E-state index contributed by atoms with van der Waals surface area (Å²) in [5.41, 5.74) is 3.96. The van der Waals surface area contributed by atoms with Crippen LogP contribution in [0.15, 0.2) is 78.9 Å². The highest BCUT2D eigenvalue weighted by atomic mass is 35.5. The van der Waals surface area contributed by atoms with Crippen LogP contribution in [-0.4, -0.2) is 29.3 Å². The maximum atomic E-state index is 13.7. The van der Waals surface area contributed by atoms with Crippen molar-refractivity contribution in [2.24, 2.45) is 0 Å². The normalized spacial score (nSPS) is 11.6. The van der Waals surface area contributed by atoms with Crippen LogP contribution in [0, 0.1) is 6.92 Å². The summed E-state index contributed by atoms with van der Waals surface area (Å²) in [6.07, 6.45) is 2.52. The zero-order valence-corrected chi connectivity index (χ0v) is 20.7. The second kappa shape index (κ2) is 13.0. The fraction of sp³-hybridized carbons (Fsp3) is 0.310. The SMILES string of the molecule is CCCCNC(=O)C(Cc1ccccc1)N(Cc1cccc(C)c1)C(=O)Cc1cccc(Cl)c1. The third-order valence-corrected chi connectivity index (χ3v) is 6.02. The first kappa shape index (κ1) is 25.5. The fourth-order valence-electron chi connectivity index (χ4n) is 3.99. The van der Waals surface area contributed by atoms with Crippen molar-refractivity contribution in [1.29, 1.82) is 0 Å². The van der Waals surface area contributed by atoms with Crippen molar-refractivity contribution in [2.45, 2.75) is 52.1 Å². The standard InChI is InChI=1S/C29H33ClN2O2/c1-3-4-16-31-29(34)27(19-23-11-6-5-7-12-23)32(21-25-14-8-10-22(2)17-25)28(33)20-24-13-9-15-26(30)18-24/h5-15,17-18,27H,3-4,16,19-21H2,1-2H3,(H,31,34). The Bertz CT molecular complexity index is 1080. The summed E-state index contributed by atoms with van der Waals surface area (Å²) in [6, 6.07) is 24.7. The number of unbranched alkanes of at least 4 members (excludes halogenated alkanes) is 1. The van der Waals surface area contributed by atoms with E-state index in [1.807, 2.05) is 67.6 Å². The number of nitrogens with zero attached hydrogens (tertiary/aromatic N) is 1. The first-order valence-electron chi connectivity index (χ1n) is 11.9. The van der Waals surface area contributed by atoms with E-state index in [-0.39, 0.29) is 18.2 Å². The van der Waals surface area contributed by atoms with Gasteiger partial charge in [-0.05, 0) is 42.2 Å². The molecule has 2 amide bonds. The highest BCUT2D eigenvalue weighted by Crippen LogP contribution is 2.18. The second-order valence-electron chi connectivity index (χ2n) is 8.67. The molecule has 0 aliphatic carbocycles. The molecule has 0 heterocycles. The van der Waals surface area contributed by atoms with Gasteiger partial charge in [0.05, 0.1) is 6.42 Å². The number of carbonyl (C=O) groups excluding carboxylic acids is 2. The van der Waals surface area contributed by atoms with Crippen molar-refractivity contribution >= 4 is 23.4 Å². The van der Waals surface area contributed by atoms with Gasteiger partial charge in [-0.25, -0.2) is 0 Å². The van der Waals surface area contributed by atoms with E-state index in [0.717, 1.165) is 35.1 Å². The zero-order chi connectivity index (χ0) is 24.3. The van der Waals surface area contributed by atoms with E-state index in [1.54, 1.807) is 17.0 Å². The molecule has 0 saturated heterocycles. The van der Waals surface area contributed by atoms with E-state index in [1.165, 1.54) is 0 Å². The number of rotatable bonds is 11. The Labute approximate surface area is 207 Å². The molecule has 0 aliphatic rings. The molecule has 34 heavy (non-hydrogen) atoms. The summed E-state index contributed by atoms with van der Waals surface area (Å²) in [5.74, 6) is -0.222. The van der Waals surface area contributed by atoms with Gasteiger partial charge in [0.25, 0.3) is 0 Å². The van der Waals surface area contributed by atoms with Gasteiger partial charge in [-0.15, -0.1) is 0 Å². The predicted molar refractivity (Wildman–Crippen MR) is 139 cm³/mol. The lowest BCUT2D eigenvalue weighted by Crippen LogP contribution is -2.51. The minimum Gasteiger partial charge on any atom is -0.354 e. The van der Waals surface area contributed by atoms with Gasteiger partial charge < -0.3 is 10.2 Å². The van der Waals surface area contributed by atoms with Crippen molar-refractivity contribution in [3.05, 3.63) is 106 Å².